The summed E-state index contributed by atoms with van der Waals surface area (Å²) in [6, 6.07) is 0. The number of amides is 2. The minimum atomic E-state index is -0.0220. The van der Waals surface area contributed by atoms with Gasteiger partial charge in [0.2, 0.25) is 11.8 Å². The molecule has 0 spiro atoms. The van der Waals surface area contributed by atoms with Crippen LogP contribution in [0.25, 0.3) is 0 Å². The molecule has 0 aromatic carbocycles. The van der Waals surface area contributed by atoms with E-state index in [2.05, 4.69) is 13.8 Å². The first-order chi connectivity index (χ1) is 9.19. The molecule has 2 unspecified atom stereocenters. The van der Waals surface area contributed by atoms with Crippen LogP contribution in [0.5, 0.6) is 0 Å². The Morgan fingerprint density at radius 2 is 1.63 bits per heavy atom. The minimum absolute atomic E-state index is 0.0122. The Hall–Kier alpha value is -1.06. The second-order valence-corrected chi connectivity index (χ2v) is 5.81. The second kappa shape index (κ2) is 6.40. The summed E-state index contributed by atoms with van der Waals surface area (Å²) in [5, 5.41) is 0. The minimum Gasteiger partial charge on any atom is -0.342 e. The molecule has 1 saturated carbocycles. The predicted octanol–water partition coefficient (Wildman–Crippen LogP) is 1.89. The first-order valence-electron chi connectivity index (χ1n) is 7.76. The van der Waals surface area contributed by atoms with Gasteiger partial charge in [0.25, 0.3) is 0 Å². The van der Waals surface area contributed by atoms with Gasteiger partial charge in [-0.1, -0.05) is 13.8 Å². The second-order valence-electron chi connectivity index (χ2n) is 5.81. The molecule has 1 heterocycles. The molecule has 4 nitrogen and oxygen atoms in total. The summed E-state index contributed by atoms with van der Waals surface area (Å²) in [5.74, 6) is 0.401. The van der Waals surface area contributed by atoms with Crippen molar-refractivity contribution in [1.29, 1.82) is 0 Å². The first-order valence-corrected chi connectivity index (χ1v) is 7.76. The molecule has 2 aliphatic rings. The van der Waals surface area contributed by atoms with Gasteiger partial charge in [0.1, 0.15) is 0 Å². The molecule has 0 bridgehead atoms. The monoisotopic (exact) mass is 266 g/mol. The molecule has 2 amide bonds. The highest BCUT2D eigenvalue weighted by Gasteiger charge is 2.50. The zero-order valence-electron chi connectivity index (χ0n) is 12.2. The van der Waals surface area contributed by atoms with E-state index in [0.29, 0.717) is 0 Å². The van der Waals surface area contributed by atoms with Crippen LogP contribution in [0.15, 0.2) is 0 Å². The van der Waals surface area contributed by atoms with Crippen LogP contribution in [0.4, 0.5) is 0 Å². The molecule has 1 aliphatic carbocycles. The van der Waals surface area contributed by atoms with Crippen LogP contribution in [0, 0.1) is 11.8 Å². The molecule has 108 valence electrons. The van der Waals surface area contributed by atoms with Crippen molar-refractivity contribution in [3.05, 3.63) is 0 Å². The Morgan fingerprint density at radius 3 is 2.16 bits per heavy atom. The summed E-state index contributed by atoms with van der Waals surface area (Å²) in [6.45, 7) is 7.63. The van der Waals surface area contributed by atoms with Crippen molar-refractivity contribution < 1.29 is 9.59 Å². The zero-order valence-corrected chi connectivity index (χ0v) is 12.2. The highest BCUT2D eigenvalue weighted by Crippen LogP contribution is 2.42. The molecule has 1 saturated heterocycles. The maximum absolute atomic E-state index is 12.4. The van der Waals surface area contributed by atoms with Crippen LogP contribution >= 0.6 is 0 Å². The summed E-state index contributed by atoms with van der Waals surface area (Å²) >= 11 is 0. The third kappa shape index (κ3) is 3.28. The van der Waals surface area contributed by atoms with Crippen molar-refractivity contribution in [2.24, 2.45) is 11.8 Å². The summed E-state index contributed by atoms with van der Waals surface area (Å²) < 4.78 is 0. The number of rotatable bonds is 6. The number of likely N-dealkylation sites (tertiary alicyclic amines) is 1. The van der Waals surface area contributed by atoms with Crippen molar-refractivity contribution in [2.75, 3.05) is 26.2 Å². The quantitative estimate of drug-likeness (QED) is 0.736. The maximum atomic E-state index is 12.4. The van der Waals surface area contributed by atoms with E-state index in [0.717, 1.165) is 58.3 Å². The molecule has 0 radical (unpaired) electrons. The van der Waals surface area contributed by atoms with Gasteiger partial charge in [-0.25, -0.2) is 0 Å². The smallest absolute Gasteiger partial charge is 0.226 e. The van der Waals surface area contributed by atoms with Crippen molar-refractivity contribution in [2.45, 2.75) is 46.0 Å². The van der Waals surface area contributed by atoms with E-state index in [1.165, 1.54) is 0 Å². The van der Waals surface area contributed by atoms with Gasteiger partial charge in [-0.05, 0) is 32.1 Å². The van der Waals surface area contributed by atoms with Gasteiger partial charge >= 0.3 is 0 Å². The average molecular weight is 266 g/mol. The van der Waals surface area contributed by atoms with E-state index in [1.807, 2.05) is 9.80 Å². The Labute approximate surface area is 116 Å². The number of carbonyl (C=O) groups excluding carboxylic acids is 2. The van der Waals surface area contributed by atoms with Crippen LogP contribution in [0.3, 0.4) is 0 Å². The molecule has 1 aliphatic heterocycles. The highest BCUT2D eigenvalue weighted by atomic mass is 16.2. The fourth-order valence-corrected chi connectivity index (χ4v) is 3.02. The largest absolute Gasteiger partial charge is 0.342 e. The number of carbonyl (C=O) groups is 2. The summed E-state index contributed by atoms with van der Waals surface area (Å²) in [7, 11) is 0. The van der Waals surface area contributed by atoms with Gasteiger partial charge in [0.15, 0.2) is 0 Å². The number of hydrogen-bond acceptors (Lipinski definition) is 2. The SMILES string of the molecule is CCCN(CCC)C(=O)C1CC1C(=O)N1CCCC1. The molecule has 0 N–H and O–H groups in total. The molecule has 4 heteroatoms. The van der Waals surface area contributed by atoms with Crippen LogP contribution in [-0.2, 0) is 9.59 Å². The predicted molar refractivity (Wildman–Crippen MR) is 74.6 cm³/mol. The standard InChI is InChI=1S/C15H26N2O2/c1-3-7-16(8-4-2)14(18)12-11-13(12)15(19)17-9-5-6-10-17/h12-13H,3-11H2,1-2H3. The van der Waals surface area contributed by atoms with Crippen molar-refractivity contribution in [1.82, 2.24) is 9.80 Å². The molecule has 2 rings (SSSR count). The Balaban J connectivity index is 1.86. The van der Waals surface area contributed by atoms with Gasteiger partial charge in [0, 0.05) is 26.2 Å². The summed E-state index contributed by atoms with van der Waals surface area (Å²) in [6.07, 6.45) is 4.99. The van der Waals surface area contributed by atoms with E-state index in [-0.39, 0.29) is 23.7 Å². The maximum Gasteiger partial charge on any atom is 0.226 e. The van der Waals surface area contributed by atoms with E-state index in [1.54, 1.807) is 0 Å². The molecule has 2 atom stereocenters. The molecule has 19 heavy (non-hydrogen) atoms. The van der Waals surface area contributed by atoms with E-state index in [9.17, 15) is 9.59 Å². The van der Waals surface area contributed by atoms with Crippen LogP contribution < -0.4 is 0 Å². The topological polar surface area (TPSA) is 40.6 Å². The molecule has 2 fully saturated rings. The van der Waals surface area contributed by atoms with Gasteiger partial charge in [0.05, 0.1) is 11.8 Å². The Bertz CT molecular complexity index is 331. The van der Waals surface area contributed by atoms with E-state index in [4.69, 9.17) is 0 Å². The highest BCUT2D eigenvalue weighted by molar-refractivity contribution is 5.92. The van der Waals surface area contributed by atoms with E-state index < -0.39 is 0 Å². The van der Waals surface area contributed by atoms with E-state index >= 15 is 0 Å². The normalized spacial score (nSPS) is 25.5. The molecule has 0 aromatic rings. The molecular weight excluding hydrogens is 240 g/mol. The van der Waals surface area contributed by atoms with Gasteiger partial charge in [-0.2, -0.15) is 0 Å². The number of hydrogen-bond donors (Lipinski definition) is 0. The molecule has 0 aromatic heterocycles. The number of nitrogens with zero attached hydrogens (tertiary/aromatic N) is 2. The van der Waals surface area contributed by atoms with Crippen molar-refractivity contribution in [3.63, 3.8) is 0 Å². The lowest BCUT2D eigenvalue weighted by Gasteiger charge is -2.22. The fraction of sp³-hybridized carbons (Fsp3) is 0.867. The van der Waals surface area contributed by atoms with Crippen LogP contribution in [-0.4, -0.2) is 47.8 Å². The first kappa shape index (κ1) is 14.4. The zero-order chi connectivity index (χ0) is 13.8. The lowest BCUT2D eigenvalue weighted by molar-refractivity contribution is -0.137. The van der Waals surface area contributed by atoms with Crippen LogP contribution in [0.1, 0.15) is 46.0 Å². The third-order valence-electron chi connectivity index (χ3n) is 4.14. The lowest BCUT2D eigenvalue weighted by Crippen LogP contribution is -2.36. The average Bonchev–Trinajstić information content (AvgIpc) is 3.02. The fourth-order valence-electron chi connectivity index (χ4n) is 3.02. The van der Waals surface area contributed by atoms with Crippen molar-refractivity contribution in [3.8, 4) is 0 Å². The molecular formula is C15H26N2O2. The van der Waals surface area contributed by atoms with Gasteiger partial charge < -0.3 is 9.80 Å². The summed E-state index contributed by atoms with van der Waals surface area (Å²) in [4.78, 5) is 28.5. The van der Waals surface area contributed by atoms with Crippen molar-refractivity contribution >= 4 is 11.8 Å². The third-order valence-corrected chi connectivity index (χ3v) is 4.14. The van der Waals surface area contributed by atoms with Gasteiger partial charge in [-0.3, -0.25) is 9.59 Å². The summed E-state index contributed by atoms with van der Waals surface area (Å²) in [5.41, 5.74) is 0. The Morgan fingerprint density at radius 1 is 1.05 bits per heavy atom. The van der Waals surface area contributed by atoms with Crippen LogP contribution in [0.2, 0.25) is 0 Å². The lowest BCUT2D eigenvalue weighted by atomic mass is 10.2. The van der Waals surface area contributed by atoms with Gasteiger partial charge in [-0.15, -0.1) is 0 Å². The Kier molecular flexibility index (Phi) is 4.83.